The highest BCUT2D eigenvalue weighted by atomic mass is 35.5. The predicted molar refractivity (Wildman–Crippen MR) is 80.3 cm³/mol. The molecule has 0 atom stereocenters. The Labute approximate surface area is 127 Å². The van der Waals surface area contributed by atoms with E-state index in [9.17, 15) is 13.2 Å². The lowest BCUT2D eigenvalue weighted by Crippen LogP contribution is -2.20. The summed E-state index contributed by atoms with van der Waals surface area (Å²) in [4.78, 5) is 11.2. The number of rotatable bonds is 6. The van der Waals surface area contributed by atoms with Gasteiger partial charge < -0.3 is 5.11 Å². The minimum Gasteiger partial charge on any atom is -0.478 e. The van der Waals surface area contributed by atoms with Crippen LogP contribution in [0.4, 0.5) is 5.69 Å². The second-order valence-electron chi connectivity index (χ2n) is 4.69. The van der Waals surface area contributed by atoms with Gasteiger partial charge >= 0.3 is 5.97 Å². The Morgan fingerprint density at radius 2 is 1.85 bits per heavy atom. The molecule has 0 bridgehead atoms. The Morgan fingerprint density at radius 3 is 2.35 bits per heavy atom. The summed E-state index contributed by atoms with van der Waals surface area (Å²) < 4.78 is 26.1. The van der Waals surface area contributed by atoms with E-state index in [2.05, 4.69) is 4.72 Å². The number of carboxylic acids is 1. The van der Waals surface area contributed by atoms with Gasteiger partial charge in [0.15, 0.2) is 0 Å². The summed E-state index contributed by atoms with van der Waals surface area (Å²) in [6, 6.07) is 2.65. The van der Waals surface area contributed by atoms with Crippen LogP contribution in [0.3, 0.4) is 0 Å². The summed E-state index contributed by atoms with van der Waals surface area (Å²) in [7, 11) is -3.68. The van der Waals surface area contributed by atoms with Crippen molar-refractivity contribution in [1.29, 1.82) is 0 Å². The first-order chi connectivity index (χ1) is 9.14. The maximum Gasteiger partial charge on any atom is 0.339 e. The van der Waals surface area contributed by atoms with Gasteiger partial charge in [0.2, 0.25) is 10.0 Å². The molecule has 0 saturated heterocycles. The molecular formula is C12H15Cl2NO4S. The zero-order valence-corrected chi connectivity index (χ0v) is 13.3. The van der Waals surface area contributed by atoms with Gasteiger partial charge in [-0.05, 0) is 24.5 Å². The standard InChI is InChI=1S/C12H15Cl2NO4S/c1-7(2)5-6-20(18,19)15-11-9(14)4-3-8(13)10(11)12(16)17/h3-4,7,15H,5-6H2,1-2H3,(H,16,17). The number of hydrogen-bond donors (Lipinski definition) is 2. The second kappa shape index (κ2) is 6.65. The third kappa shape index (κ3) is 4.54. The van der Waals surface area contributed by atoms with E-state index in [4.69, 9.17) is 28.3 Å². The zero-order chi connectivity index (χ0) is 15.5. The van der Waals surface area contributed by atoms with Crippen LogP contribution in [-0.4, -0.2) is 25.2 Å². The van der Waals surface area contributed by atoms with Gasteiger partial charge in [-0.3, -0.25) is 4.72 Å². The van der Waals surface area contributed by atoms with E-state index in [0.717, 1.165) is 0 Å². The molecule has 1 aromatic carbocycles. The second-order valence-corrected chi connectivity index (χ2v) is 7.34. The van der Waals surface area contributed by atoms with Crippen molar-refractivity contribution < 1.29 is 18.3 Å². The van der Waals surface area contributed by atoms with Crippen molar-refractivity contribution in [2.45, 2.75) is 20.3 Å². The molecule has 0 heterocycles. The van der Waals surface area contributed by atoms with Crippen molar-refractivity contribution in [1.82, 2.24) is 0 Å². The van der Waals surface area contributed by atoms with Crippen LogP contribution in [0.15, 0.2) is 12.1 Å². The smallest absolute Gasteiger partial charge is 0.339 e. The fourth-order valence-electron chi connectivity index (χ4n) is 1.46. The number of nitrogens with one attached hydrogen (secondary N) is 1. The first-order valence-electron chi connectivity index (χ1n) is 5.86. The number of benzene rings is 1. The van der Waals surface area contributed by atoms with Gasteiger partial charge in [0, 0.05) is 0 Å². The van der Waals surface area contributed by atoms with E-state index in [1.807, 2.05) is 13.8 Å². The molecule has 0 amide bonds. The van der Waals surface area contributed by atoms with Crippen LogP contribution < -0.4 is 4.72 Å². The molecule has 1 rings (SSSR count). The molecule has 2 N–H and O–H groups in total. The average molecular weight is 340 g/mol. The van der Waals surface area contributed by atoms with Gasteiger partial charge in [-0.1, -0.05) is 37.0 Å². The predicted octanol–water partition coefficient (Wildman–Crippen LogP) is 3.48. The highest BCUT2D eigenvalue weighted by Gasteiger charge is 2.22. The van der Waals surface area contributed by atoms with E-state index in [0.29, 0.717) is 6.42 Å². The number of anilines is 1. The lowest BCUT2D eigenvalue weighted by atomic mass is 10.2. The van der Waals surface area contributed by atoms with Crippen LogP contribution in [0.2, 0.25) is 10.0 Å². The van der Waals surface area contributed by atoms with Gasteiger partial charge in [-0.25, -0.2) is 13.2 Å². The first-order valence-corrected chi connectivity index (χ1v) is 8.26. The minimum atomic E-state index is -3.68. The number of sulfonamides is 1. The Hall–Kier alpha value is -0.980. The molecule has 20 heavy (non-hydrogen) atoms. The molecule has 0 radical (unpaired) electrons. The van der Waals surface area contributed by atoms with Crippen molar-refractivity contribution in [2.75, 3.05) is 10.5 Å². The number of halogens is 2. The summed E-state index contributed by atoms with van der Waals surface area (Å²) in [6.07, 6.45) is 0.454. The Bertz CT molecular complexity index is 614. The topological polar surface area (TPSA) is 83.5 Å². The first kappa shape index (κ1) is 17.1. The normalized spacial score (nSPS) is 11.7. The Morgan fingerprint density at radius 1 is 1.30 bits per heavy atom. The van der Waals surface area contributed by atoms with Crippen LogP contribution in [-0.2, 0) is 10.0 Å². The molecule has 1 aromatic rings. The monoisotopic (exact) mass is 339 g/mol. The van der Waals surface area contributed by atoms with Gasteiger partial charge in [0.1, 0.15) is 5.56 Å². The van der Waals surface area contributed by atoms with E-state index < -0.39 is 16.0 Å². The number of carboxylic acid groups (broad SMARTS) is 1. The lowest BCUT2D eigenvalue weighted by molar-refractivity contribution is 0.0698. The van der Waals surface area contributed by atoms with Crippen molar-refractivity contribution in [3.05, 3.63) is 27.7 Å². The molecule has 0 aliphatic rings. The van der Waals surface area contributed by atoms with E-state index >= 15 is 0 Å². The molecule has 5 nitrogen and oxygen atoms in total. The number of hydrogen-bond acceptors (Lipinski definition) is 3. The molecule has 0 saturated carbocycles. The SMILES string of the molecule is CC(C)CCS(=O)(=O)Nc1c(Cl)ccc(Cl)c1C(=O)O. The molecule has 0 unspecified atom stereocenters. The van der Waals surface area contributed by atoms with Crippen molar-refractivity contribution in [3.8, 4) is 0 Å². The van der Waals surface area contributed by atoms with Gasteiger partial charge in [-0.15, -0.1) is 0 Å². The largest absolute Gasteiger partial charge is 0.478 e. The maximum absolute atomic E-state index is 11.9. The van der Waals surface area contributed by atoms with Crippen molar-refractivity contribution in [3.63, 3.8) is 0 Å². The average Bonchev–Trinajstić information content (AvgIpc) is 2.31. The molecule has 8 heteroatoms. The van der Waals surface area contributed by atoms with Gasteiger partial charge in [-0.2, -0.15) is 0 Å². The van der Waals surface area contributed by atoms with Crippen LogP contribution in [0.25, 0.3) is 0 Å². The summed E-state index contributed by atoms with van der Waals surface area (Å²) in [5, 5.41) is 9.01. The Balaban J connectivity index is 3.15. The molecule has 0 spiro atoms. The van der Waals surface area contributed by atoms with E-state index in [1.165, 1.54) is 12.1 Å². The van der Waals surface area contributed by atoms with Crippen LogP contribution in [0.1, 0.15) is 30.6 Å². The maximum atomic E-state index is 11.9. The molecule has 112 valence electrons. The van der Waals surface area contributed by atoms with E-state index in [-0.39, 0.29) is 33.0 Å². The van der Waals surface area contributed by atoms with Gasteiger partial charge in [0.25, 0.3) is 0 Å². The zero-order valence-electron chi connectivity index (χ0n) is 11.0. The lowest BCUT2D eigenvalue weighted by Gasteiger charge is -2.14. The summed E-state index contributed by atoms with van der Waals surface area (Å²) >= 11 is 11.6. The van der Waals surface area contributed by atoms with Crippen molar-refractivity contribution >= 4 is 44.9 Å². The minimum absolute atomic E-state index is 0.0140. The van der Waals surface area contributed by atoms with E-state index in [1.54, 1.807) is 0 Å². The molecule has 0 aromatic heterocycles. The molecule has 0 aliphatic carbocycles. The van der Waals surface area contributed by atoms with Crippen LogP contribution in [0.5, 0.6) is 0 Å². The highest BCUT2D eigenvalue weighted by molar-refractivity contribution is 7.92. The third-order valence-corrected chi connectivity index (χ3v) is 4.46. The van der Waals surface area contributed by atoms with Crippen molar-refractivity contribution in [2.24, 2.45) is 5.92 Å². The quantitative estimate of drug-likeness (QED) is 0.830. The fourth-order valence-corrected chi connectivity index (χ4v) is 3.36. The molecule has 0 fully saturated rings. The fraction of sp³-hybridized carbons (Fsp3) is 0.417. The summed E-state index contributed by atoms with van der Waals surface area (Å²) in [5.74, 6) is -1.26. The molecule has 0 aliphatic heterocycles. The third-order valence-electron chi connectivity index (χ3n) is 2.54. The summed E-state index contributed by atoms with van der Waals surface area (Å²) in [5.41, 5.74) is -0.553. The summed E-state index contributed by atoms with van der Waals surface area (Å²) in [6.45, 7) is 3.79. The number of aromatic carboxylic acids is 1. The van der Waals surface area contributed by atoms with Crippen LogP contribution >= 0.6 is 23.2 Å². The molecular weight excluding hydrogens is 325 g/mol. The van der Waals surface area contributed by atoms with Gasteiger partial charge in [0.05, 0.1) is 21.5 Å². The highest BCUT2D eigenvalue weighted by Crippen LogP contribution is 2.32. The van der Waals surface area contributed by atoms with Crippen LogP contribution in [0, 0.1) is 5.92 Å². The Kier molecular flexibility index (Phi) is 5.68. The number of carbonyl (C=O) groups is 1.